The number of imidazole rings is 1. The number of nitrogens with zero attached hydrogens (tertiary/aromatic N) is 3. The molecule has 0 radical (unpaired) electrons. The molecular formula is C24H23ClN4O2. The minimum Gasteiger partial charge on any atom is -0.492 e. The SMILES string of the molecule is Cc1cc(OCCn2c(CCNC(=O)c3ccccn3)nc3ccccc32)ccc1Cl. The average Bonchev–Trinajstić information content (AvgIpc) is 3.14. The smallest absolute Gasteiger partial charge is 0.269 e. The second kappa shape index (κ2) is 9.62. The first-order valence-corrected chi connectivity index (χ1v) is 10.5. The molecule has 0 unspecified atom stereocenters. The van der Waals surface area contributed by atoms with Crippen LogP contribution in [0.4, 0.5) is 0 Å². The Hall–Kier alpha value is -3.38. The highest BCUT2D eigenvalue weighted by atomic mass is 35.5. The molecule has 0 aliphatic rings. The molecule has 7 heteroatoms. The van der Waals surface area contributed by atoms with Crippen LogP contribution in [0.3, 0.4) is 0 Å². The standard InChI is InChI=1S/C24H23ClN4O2/c1-17-16-18(9-10-19(17)25)31-15-14-29-22-8-3-2-6-20(22)28-23(29)11-13-27-24(30)21-7-4-5-12-26-21/h2-10,12,16H,11,13-15H2,1H3,(H,27,30). The van der Waals surface area contributed by atoms with Crippen LogP contribution in [0.5, 0.6) is 5.75 Å². The van der Waals surface area contributed by atoms with Crippen LogP contribution in [0, 0.1) is 6.92 Å². The molecule has 0 fully saturated rings. The molecule has 0 saturated carbocycles. The lowest BCUT2D eigenvalue weighted by molar-refractivity contribution is 0.0949. The fraction of sp³-hybridized carbons (Fsp3) is 0.208. The van der Waals surface area contributed by atoms with Crippen molar-refractivity contribution in [1.82, 2.24) is 19.9 Å². The third-order valence-electron chi connectivity index (χ3n) is 4.98. The van der Waals surface area contributed by atoms with E-state index in [1.807, 2.05) is 49.4 Å². The van der Waals surface area contributed by atoms with Gasteiger partial charge in [-0.15, -0.1) is 0 Å². The predicted octanol–water partition coefficient (Wildman–Crippen LogP) is 4.44. The minimum atomic E-state index is -0.190. The molecule has 0 spiro atoms. The van der Waals surface area contributed by atoms with Crippen LogP contribution >= 0.6 is 11.6 Å². The summed E-state index contributed by atoms with van der Waals surface area (Å²) >= 11 is 6.09. The van der Waals surface area contributed by atoms with Gasteiger partial charge in [0.05, 0.1) is 17.6 Å². The third kappa shape index (κ3) is 5.03. The molecular weight excluding hydrogens is 412 g/mol. The van der Waals surface area contributed by atoms with Crippen molar-refractivity contribution in [2.24, 2.45) is 0 Å². The van der Waals surface area contributed by atoms with E-state index in [1.54, 1.807) is 24.4 Å². The fourth-order valence-corrected chi connectivity index (χ4v) is 3.52. The lowest BCUT2D eigenvalue weighted by Gasteiger charge is -2.12. The number of aromatic nitrogens is 3. The van der Waals surface area contributed by atoms with Gasteiger partial charge in [-0.25, -0.2) is 4.98 Å². The molecule has 0 aliphatic carbocycles. The fourth-order valence-electron chi connectivity index (χ4n) is 3.40. The summed E-state index contributed by atoms with van der Waals surface area (Å²) in [6.07, 6.45) is 2.21. The Kier molecular flexibility index (Phi) is 6.48. The first-order valence-electron chi connectivity index (χ1n) is 10.1. The number of para-hydroxylation sites is 2. The second-order valence-electron chi connectivity index (χ2n) is 7.15. The van der Waals surface area contributed by atoms with Gasteiger partial charge in [-0.1, -0.05) is 29.8 Å². The number of ether oxygens (including phenoxy) is 1. The van der Waals surface area contributed by atoms with E-state index in [0.29, 0.717) is 31.8 Å². The maximum atomic E-state index is 12.2. The summed E-state index contributed by atoms with van der Waals surface area (Å²) in [7, 11) is 0. The van der Waals surface area contributed by atoms with Crippen LogP contribution in [0.1, 0.15) is 21.9 Å². The number of aryl methyl sites for hydroxylation is 1. The van der Waals surface area contributed by atoms with Gasteiger partial charge in [-0.3, -0.25) is 9.78 Å². The number of amides is 1. The molecule has 2 aromatic carbocycles. The Morgan fingerprint density at radius 1 is 1.13 bits per heavy atom. The second-order valence-corrected chi connectivity index (χ2v) is 7.56. The first-order chi connectivity index (χ1) is 15.1. The number of halogens is 1. The summed E-state index contributed by atoms with van der Waals surface area (Å²) in [4.78, 5) is 21.1. The number of carbonyl (C=O) groups is 1. The lowest BCUT2D eigenvalue weighted by Crippen LogP contribution is -2.27. The number of hydrogen-bond acceptors (Lipinski definition) is 4. The Bertz CT molecular complexity index is 1190. The van der Waals surface area contributed by atoms with Gasteiger partial charge < -0.3 is 14.6 Å². The van der Waals surface area contributed by atoms with Crippen molar-refractivity contribution in [2.75, 3.05) is 13.2 Å². The van der Waals surface area contributed by atoms with E-state index in [2.05, 4.69) is 14.9 Å². The molecule has 1 amide bonds. The first kappa shape index (κ1) is 20.9. The van der Waals surface area contributed by atoms with Gasteiger partial charge in [0.15, 0.2) is 0 Å². The van der Waals surface area contributed by atoms with Crippen molar-refractivity contribution >= 4 is 28.5 Å². The summed E-state index contributed by atoms with van der Waals surface area (Å²) < 4.78 is 8.08. The van der Waals surface area contributed by atoms with E-state index in [4.69, 9.17) is 21.3 Å². The average molecular weight is 435 g/mol. The molecule has 1 N–H and O–H groups in total. The van der Waals surface area contributed by atoms with Gasteiger partial charge in [-0.05, 0) is 55.0 Å². The molecule has 0 aliphatic heterocycles. The zero-order valence-corrected chi connectivity index (χ0v) is 18.0. The maximum Gasteiger partial charge on any atom is 0.269 e. The Labute approximate surface area is 185 Å². The molecule has 2 heterocycles. The summed E-state index contributed by atoms with van der Waals surface area (Å²) in [6.45, 7) is 3.56. The summed E-state index contributed by atoms with van der Waals surface area (Å²) in [5.41, 5.74) is 3.36. The van der Waals surface area contributed by atoms with Crippen molar-refractivity contribution in [3.63, 3.8) is 0 Å². The highest BCUT2D eigenvalue weighted by Gasteiger charge is 2.12. The van der Waals surface area contributed by atoms with Crippen molar-refractivity contribution in [1.29, 1.82) is 0 Å². The zero-order valence-electron chi connectivity index (χ0n) is 17.2. The lowest BCUT2D eigenvalue weighted by atomic mass is 10.2. The Morgan fingerprint density at radius 2 is 1.97 bits per heavy atom. The Balaban J connectivity index is 1.42. The molecule has 31 heavy (non-hydrogen) atoms. The van der Waals surface area contributed by atoms with Crippen LogP contribution in [-0.4, -0.2) is 33.6 Å². The quantitative estimate of drug-likeness (QED) is 0.445. The highest BCUT2D eigenvalue weighted by Crippen LogP contribution is 2.21. The third-order valence-corrected chi connectivity index (χ3v) is 5.40. The van der Waals surface area contributed by atoms with Crippen molar-refractivity contribution in [3.8, 4) is 5.75 Å². The van der Waals surface area contributed by atoms with Gasteiger partial charge in [0.25, 0.3) is 5.91 Å². The van der Waals surface area contributed by atoms with Gasteiger partial charge in [-0.2, -0.15) is 0 Å². The van der Waals surface area contributed by atoms with Crippen molar-refractivity contribution in [2.45, 2.75) is 19.9 Å². The summed E-state index contributed by atoms with van der Waals surface area (Å²) in [6, 6.07) is 18.9. The predicted molar refractivity (Wildman–Crippen MR) is 122 cm³/mol. The molecule has 0 bridgehead atoms. The number of rotatable bonds is 8. The maximum absolute atomic E-state index is 12.2. The van der Waals surface area contributed by atoms with Crippen LogP contribution < -0.4 is 10.1 Å². The molecule has 6 nitrogen and oxygen atoms in total. The molecule has 0 saturated heterocycles. The molecule has 0 atom stereocenters. The summed E-state index contributed by atoms with van der Waals surface area (Å²) in [5.74, 6) is 1.50. The van der Waals surface area contributed by atoms with Gasteiger partial charge >= 0.3 is 0 Å². The van der Waals surface area contributed by atoms with E-state index < -0.39 is 0 Å². The largest absolute Gasteiger partial charge is 0.492 e. The molecule has 4 rings (SSSR count). The number of fused-ring (bicyclic) bond motifs is 1. The highest BCUT2D eigenvalue weighted by molar-refractivity contribution is 6.31. The van der Waals surface area contributed by atoms with Crippen LogP contribution in [0.25, 0.3) is 11.0 Å². The monoisotopic (exact) mass is 434 g/mol. The topological polar surface area (TPSA) is 69.0 Å². The van der Waals surface area contributed by atoms with Crippen molar-refractivity contribution in [3.05, 3.63) is 89.0 Å². The van der Waals surface area contributed by atoms with Crippen molar-refractivity contribution < 1.29 is 9.53 Å². The number of carbonyl (C=O) groups excluding carboxylic acids is 1. The Morgan fingerprint density at radius 3 is 2.77 bits per heavy atom. The number of hydrogen-bond donors (Lipinski definition) is 1. The number of benzene rings is 2. The molecule has 4 aromatic rings. The van der Waals surface area contributed by atoms with Gasteiger partial charge in [0.1, 0.15) is 23.9 Å². The molecule has 2 aromatic heterocycles. The molecule has 158 valence electrons. The van der Waals surface area contributed by atoms with E-state index in [0.717, 1.165) is 33.2 Å². The van der Waals surface area contributed by atoms with E-state index in [9.17, 15) is 4.79 Å². The van der Waals surface area contributed by atoms with Crippen LogP contribution in [0.15, 0.2) is 66.9 Å². The normalized spacial score (nSPS) is 10.9. The van der Waals surface area contributed by atoms with Gasteiger partial charge in [0, 0.05) is 24.2 Å². The number of nitrogens with one attached hydrogen (secondary N) is 1. The number of pyridine rings is 1. The van der Waals surface area contributed by atoms with E-state index >= 15 is 0 Å². The summed E-state index contributed by atoms with van der Waals surface area (Å²) in [5, 5.41) is 3.64. The van der Waals surface area contributed by atoms with E-state index in [-0.39, 0.29) is 5.91 Å². The zero-order chi connectivity index (χ0) is 21.6. The van der Waals surface area contributed by atoms with Gasteiger partial charge in [0.2, 0.25) is 0 Å². The van der Waals surface area contributed by atoms with Crippen LogP contribution in [0.2, 0.25) is 5.02 Å². The van der Waals surface area contributed by atoms with E-state index in [1.165, 1.54) is 0 Å². The minimum absolute atomic E-state index is 0.190. The van der Waals surface area contributed by atoms with Crippen LogP contribution in [-0.2, 0) is 13.0 Å².